The average Bonchev–Trinajstić information content (AvgIpc) is 2.38. The molecule has 1 heterocycles. The number of nitriles is 1. The highest BCUT2D eigenvalue weighted by atomic mass is 16.5. The van der Waals surface area contributed by atoms with Gasteiger partial charge in [-0.05, 0) is 12.1 Å². The van der Waals surface area contributed by atoms with Crippen LogP contribution in [0.5, 0.6) is 5.75 Å². The molecule has 6 heteroatoms. The molecule has 0 saturated carbocycles. The van der Waals surface area contributed by atoms with Gasteiger partial charge in [0.15, 0.2) is 5.75 Å². The van der Waals surface area contributed by atoms with Crippen LogP contribution in [-0.2, 0) is 11.3 Å². The van der Waals surface area contributed by atoms with Crippen molar-refractivity contribution in [3.63, 3.8) is 0 Å². The molecule has 0 unspecified atom stereocenters. The molecule has 0 radical (unpaired) electrons. The van der Waals surface area contributed by atoms with Crippen molar-refractivity contribution in [3.8, 4) is 11.8 Å². The number of aromatic nitrogens is 1. The minimum Gasteiger partial charge on any atom is -0.491 e. The third-order valence-electron chi connectivity index (χ3n) is 2.50. The van der Waals surface area contributed by atoms with E-state index < -0.39 is 0 Å². The van der Waals surface area contributed by atoms with Crippen molar-refractivity contribution in [2.45, 2.75) is 13.0 Å². The molecule has 0 aliphatic carbocycles. The molecular weight excluding hydrogens is 234 g/mol. The lowest BCUT2D eigenvalue weighted by atomic mass is 10.4. The highest BCUT2D eigenvalue weighted by molar-refractivity contribution is 5.75. The first-order valence-corrected chi connectivity index (χ1v) is 5.44. The average molecular weight is 249 g/mol. The maximum atomic E-state index is 11.8. The summed E-state index contributed by atoms with van der Waals surface area (Å²) in [5.41, 5.74) is -0.345. The summed E-state index contributed by atoms with van der Waals surface area (Å²) in [7, 11) is 3.01. The molecule has 1 rings (SSSR count). The second kappa shape index (κ2) is 6.45. The molecule has 6 nitrogen and oxygen atoms in total. The first-order chi connectivity index (χ1) is 8.60. The molecular formula is C12H15N3O3. The third-order valence-corrected chi connectivity index (χ3v) is 2.50. The highest BCUT2D eigenvalue weighted by Gasteiger charge is 2.11. The van der Waals surface area contributed by atoms with Gasteiger partial charge in [0.25, 0.3) is 5.56 Å². The largest absolute Gasteiger partial charge is 0.491 e. The van der Waals surface area contributed by atoms with Crippen molar-refractivity contribution < 1.29 is 9.53 Å². The smallest absolute Gasteiger partial charge is 0.293 e. The quantitative estimate of drug-likeness (QED) is 0.748. The Kier molecular flexibility index (Phi) is 4.93. The predicted molar refractivity (Wildman–Crippen MR) is 65.1 cm³/mol. The van der Waals surface area contributed by atoms with Crippen LogP contribution in [0.4, 0.5) is 0 Å². The van der Waals surface area contributed by atoms with E-state index in [1.807, 2.05) is 6.07 Å². The molecule has 18 heavy (non-hydrogen) atoms. The number of amides is 1. The summed E-state index contributed by atoms with van der Waals surface area (Å²) in [5.74, 6) is -0.0226. The molecule has 0 aliphatic heterocycles. The number of likely N-dealkylation sites (N-methyl/N-ethyl adjacent to an activating group) is 1. The van der Waals surface area contributed by atoms with Crippen molar-refractivity contribution in [2.75, 3.05) is 20.7 Å². The first kappa shape index (κ1) is 13.8. The van der Waals surface area contributed by atoms with E-state index in [0.717, 1.165) is 0 Å². The summed E-state index contributed by atoms with van der Waals surface area (Å²) in [6.45, 7) is 0.298. The van der Waals surface area contributed by atoms with Crippen molar-refractivity contribution in [3.05, 3.63) is 28.7 Å². The monoisotopic (exact) mass is 249 g/mol. The fourth-order valence-electron chi connectivity index (χ4n) is 1.40. The van der Waals surface area contributed by atoms with Crippen LogP contribution in [0.3, 0.4) is 0 Å². The number of nitrogens with zero attached hydrogens (tertiary/aromatic N) is 3. The number of hydrogen-bond acceptors (Lipinski definition) is 4. The van der Waals surface area contributed by atoms with Gasteiger partial charge in [-0.1, -0.05) is 0 Å². The van der Waals surface area contributed by atoms with Gasteiger partial charge in [0.05, 0.1) is 19.6 Å². The van der Waals surface area contributed by atoms with Crippen LogP contribution >= 0.6 is 0 Å². The number of carbonyl (C=O) groups excluding carboxylic acids is 1. The first-order valence-electron chi connectivity index (χ1n) is 5.44. The Bertz CT molecular complexity index is 516. The van der Waals surface area contributed by atoms with Crippen LogP contribution in [-0.4, -0.2) is 36.1 Å². The van der Waals surface area contributed by atoms with Crippen LogP contribution in [0, 0.1) is 11.3 Å². The lowest BCUT2D eigenvalue weighted by molar-refractivity contribution is -0.130. The maximum Gasteiger partial charge on any atom is 0.293 e. The van der Waals surface area contributed by atoms with Gasteiger partial charge in [0.1, 0.15) is 6.54 Å². The molecule has 0 N–H and O–H groups in total. The van der Waals surface area contributed by atoms with E-state index in [0.29, 0.717) is 6.54 Å². The van der Waals surface area contributed by atoms with Crippen molar-refractivity contribution in [1.29, 1.82) is 5.26 Å². The number of methoxy groups -OCH3 is 1. The van der Waals surface area contributed by atoms with E-state index in [-0.39, 0.29) is 30.2 Å². The molecule has 1 aromatic rings. The van der Waals surface area contributed by atoms with E-state index in [1.165, 1.54) is 22.8 Å². The van der Waals surface area contributed by atoms with Crippen LogP contribution < -0.4 is 10.3 Å². The van der Waals surface area contributed by atoms with E-state index >= 15 is 0 Å². The van der Waals surface area contributed by atoms with Crippen LogP contribution in [0.2, 0.25) is 0 Å². The molecule has 0 fully saturated rings. The second-order valence-electron chi connectivity index (χ2n) is 3.73. The summed E-state index contributed by atoms with van der Waals surface area (Å²) in [6, 6.07) is 5.15. The normalized spacial score (nSPS) is 9.61. The Hall–Kier alpha value is -2.29. The second-order valence-corrected chi connectivity index (χ2v) is 3.73. The van der Waals surface area contributed by atoms with Crippen molar-refractivity contribution in [1.82, 2.24) is 9.47 Å². The molecule has 0 atom stereocenters. The Morgan fingerprint density at radius 2 is 2.33 bits per heavy atom. The lowest BCUT2D eigenvalue weighted by Crippen LogP contribution is -2.34. The summed E-state index contributed by atoms with van der Waals surface area (Å²) in [4.78, 5) is 25.0. The number of pyridine rings is 1. The topological polar surface area (TPSA) is 75.3 Å². The third kappa shape index (κ3) is 3.35. The molecule has 0 aliphatic rings. The lowest BCUT2D eigenvalue weighted by Gasteiger charge is -2.16. The standard InChI is InChI=1S/C12H15N3O3/c1-14(7-4-6-13)11(16)9-15-8-3-5-10(18-2)12(15)17/h3,5,8H,4,7,9H2,1-2H3. The molecule has 1 aromatic heterocycles. The Morgan fingerprint density at radius 3 is 2.94 bits per heavy atom. The Labute approximate surface area is 105 Å². The fraction of sp³-hybridized carbons (Fsp3) is 0.417. The SMILES string of the molecule is COc1cccn(CC(=O)N(C)CCC#N)c1=O. The zero-order valence-electron chi connectivity index (χ0n) is 10.4. The summed E-state index contributed by atoms with van der Waals surface area (Å²) in [6.07, 6.45) is 1.80. The van der Waals surface area contributed by atoms with E-state index in [4.69, 9.17) is 10.00 Å². The van der Waals surface area contributed by atoms with Gasteiger partial charge >= 0.3 is 0 Å². The Morgan fingerprint density at radius 1 is 1.61 bits per heavy atom. The van der Waals surface area contributed by atoms with Gasteiger partial charge in [-0.25, -0.2) is 0 Å². The van der Waals surface area contributed by atoms with Gasteiger partial charge in [0.2, 0.25) is 5.91 Å². The molecule has 0 aromatic carbocycles. The van der Waals surface area contributed by atoms with E-state index in [9.17, 15) is 9.59 Å². The number of ether oxygens (including phenoxy) is 1. The summed E-state index contributed by atoms with van der Waals surface area (Å²) < 4.78 is 6.17. The van der Waals surface area contributed by atoms with E-state index in [2.05, 4.69) is 0 Å². The van der Waals surface area contributed by atoms with Crippen LogP contribution in [0.25, 0.3) is 0 Å². The van der Waals surface area contributed by atoms with Gasteiger partial charge in [-0.2, -0.15) is 5.26 Å². The van der Waals surface area contributed by atoms with Crippen molar-refractivity contribution >= 4 is 5.91 Å². The summed E-state index contributed by atoms with van der Waals surface area (Å²) >= 11 is 0. The minimum absolute atomic E-state index is 0.0576. The number of rotatable bonds is 5. The fourth-order valence-corrected chi connectivity index (χ4v) is 1.40. The zero-order chi connectivity index (χ0) is 13.5. The Balaban J connectivity index is 2.77. The van der Waals surface area contributed by atoms with Crippen LogP contribution in [0.15, 0.2) is 23.1 Å². The number of hydrogen-bond donors (Lipinski definition) is 0. The summed E-state index contributed by atoms with van der Waals surface area (Å²) in [5, 5.41) is 8.44. The predicted octanol–water partition coefficient (Wildman–Crippen LogP) is 0.229. The van der Waals surface area contributed by atoms with Gasteiger partial charge in [-0.3, -0.25) is 9.59 Å². The van der Waals surface area contributed by atoms with Gasteiger partial charge < -0.3 is 14.2 Å². The van der Waals surface area contributed by atoms with Gasteiger partial charge in [0, 0.05) is 19.8 Å². The van der Waals surface area contributed by atoms with E-state index in [1.54, 1.807) is 19.2 Å². The maximum absolute atomic E-state index is 11.8. The molecule has 1 amide bonds. The van der Waals surface area contributed by atoms with Gasteiger partial charge in [-0.15, -0.1) is 0 Å². The number of carbonyl (C=O) groups is 1. The van der Waals surface area contributed by atoms with Crippen molar-refractivity contribution in [2.24, 2.45) is 0 Å². The molecule has 96 valence electrons. The van der Waals surface area contributed by atoms with Crippen LogP contribution in [0.1, 0.15) is 6.42 Å². The zero-order valence-corrected chi connectivity index (χ0v) is 10.4. The minimum atomic E-state index is -0.345. The highest BCUT2D eigenvalue weighted by Crippen LogP contribution is 2.00. The molecule has 0 saturated heterocycles. The molecule has 0 spiro atoms. The molecule has 0 bridgehead atoms.